The van der Waals surface area contributed by atoms with E-state index in [1.807, 2.05) is 27.7 Å². The van der Waals surface area contributed by atoms with Gasteiger partial charge in [0.05, 0.1) is 35.3 Å². The Morgan fingerprint density at radius 3 is 2.48 bits per heavy atom. The van der Waals surface area contributed by atoms with Gasteiger partial charge in [0.2, 0.25) is 10.0 Å². The zero-order valence-electron chi connectivity index (χ0n) is 26.7. The van der Waals surface area contributed by atoms with Crippen molar-refractivity contribution in [3.05, 3.63) is 54.1 Å². The highest BCUT2D eigenvalue weighted by molar-refractivity contribution is 7.89. The molecule has 0 bridgehead atoms. The standard InChI is InChI=1S/C32H48N4O7S/c1-22(2)33-32(39)34-26-15-16-29-28(18-26)31(38)36(24(4)21-37)19-23(3)30(42-17-11-10-12-25(5)43-29)20-35(6)44(40,41)27-13-8-7-9-14-27/h7-9,13-16,18,22-25,30,37H,10-12,17,19-21H2,1-6H3,(H2,33,34,39)/t23-,24-,25+,30-/m1/s1. The number of urea groups is 1. The first-order valence-corrected chi connectivity index (χ1v) is 16.7. The van der Waals surface area contributed by atoms with Crippen LogP contribution in [0.15, 0.2) is 53.4 Å². The summed E-state index contributed by atoms with van der Waals surface area (Å²) in [5.74, 6) is -0.293. The number of anilines is 1. The maximum Gasteiger partial charge on any atom is 0.319 e. The molecule has 0 spiro atoms. The molecule has 0 radical (unpaired) electrons. The average molecular weight is 633 g/mol. The number of nitrogens with one attached hydrogen (secondary N) is 2. The number of rotatable bonds is 8. The first-order valence-electron chi connectivity index (χ1n) is 15.3. The number of fused-ring (bicyclic) bond motifs is 1. The lowest BCUT2D eigenvalue weighted by Gasteiger charge is -2.35. The summed E-state index contributed by atoms with van der Waals surface area (Å²) in [6.45, 7) is 9.71. The maximum absolute atomic E-state index is 14.2. The van der Waals surface area contributed by atoms with Crippen LogP contribution in [0.4, 0.5) is 10.5 Å². The normalized spacial score (nSPS) is 21.2. The van der Waals surface area contributed by atoms with Crippen LogP contribution in [0.2, 0.25) is 0 Å². The number of carbonyl (C=O) groups is 2. The van der Waals surface area contributed by atoms with Crippen molar-refractivity contribution in [2.24, 2.45) is 5.92 Å². The van der Waals surface area contributed by atoms with E-state index in [-0.39, 0.29) is 54.1 Å². The Balaban J connectivity index is 1.96. The van der Waals surface area contributed by atoms with E-state index < -0.39 is 28.2 Å². The second-order valence-electron chi connectivity index (χ2n) is 11.9. The molecule has 3 N–H and O–H groups in total. The van der Waals surface area contributed by atoms with E-state index in [9.17, 15) is 23.1 Å². The van der Waals surface area contributed by atoms with Gasteiger partial charge in [0.1, 0.15) is 5.75 Å². The zero-order chi connectivity index (χ0) is 32.4. The number of nitrogens with zero attached hydrogens (tertiary/aromatic N) is 2. The minimum absolute atomic E-state index is 0.0719. The monoisotopic (exact) mass is 632 g/mol. The summed E-state index contributed by atoms with van der Waals surface area (Å²) in [6.07, 6.45) is 1.55. The Morgan fingerprint density at radius 1 is 1.11 bits per heavy atom. The third kappa shape index (κ3) is 9.65. The molecule has 0 fully saturated rings. The Bertz CT molecular complexity index is 1340. The van der Waals surface area contributed by atoms with Crippen molar-refractivity contribution >= 4 is 27.6 Å². The largest absolute Gasteiger partial charge is 0.490 e. The van der Waals surface area contributed by atoms with Gasteiger partial charge in [0, 0.05) is 44.4 Å². The molecule has 44 heavy (non-hydrogen) atoms. The summed E-state index contributed by atoms with van der Waals surface area (Å²) in [7, 11) is -2.23. The molecule has 1 aliphatic heterocycles. The molecule has 0 saturated heterocycles. The SMILES string of the molecule is CC(C)NC(=O)Nc1ccc2c(c1)C(=O)N([C@H](C)CO)C[C@@H](C)[C@@H](CN(C)S(=O)(=O)c1ccccc1)OCCCC[C@H](C)O2. The van der Waals surface area contributed by atoms with E-state index in [2.05, 4.69) is 10.6 Å². The number of hydrogen-bond acceptors (Lipinski definition) is 7. The molecule has 4 atom stereocenters. The maximum atomic E-state index is 14.2. The average Bonchev–Trinajstić information content (AvgIpc) is 2.98. The molecule has 0 saturated carbocycles. The van der Waals surface area contributed by atoms with E-state index in [1.165, 1.54) is 11.4 Å². The summed E-state index contributed by atoms with van der Waals surface area (Å²) in [6, 6.07) is 12.2. The number of ether oxygens (including phenoxy) is 2. The van der Waals surface area contributed by atoms with Gasteiger partial charge >= 0.3 is 6.03 Å². The van der Waals surface area contributed by atoms with E-state index in [4.69, 9.17) is 9.47 Å². The summed E-state index contributed by atoms with van der Waals surface area (Å²) in [5, 5.41) is 15.7. The fourth-order valence-electron chi connectivity index (χ4n) is 5.02. The summed E-state index contributed by atoms with van der Waals surface area (Å²) in [4.78, 5) is 28.4. The van der Waals surface area contributed by atoms with Crippen LogP contribution in [-0.4, -0.2) is 92.3 Å². The molecule has 0 unspecified atom stereocenters. The number of carbonyl (C=O) groups excluding carboxylic acids is 2. The van der Waals surface area contributed by atoms with E-state index >= 15 is 0 Å². The first-order chi connectivity index (χ1) is 20.8. The molecule has 11 nitrogen and oxygen atoms in total. The molecule has 2 aromatic carbocycles. The topological polar surface area (TPSA) is 138 Å². The van der Waals surface area contributed by atoms with Crippen LogP contribution in [0.5, 0.6) is 5.75 Å². The highest BCUT2D eigenvalue weighted by Gasteiger charge is 2.32. The Morgan fingerprint density at radius 2 is 1.82 bits per heavy atom. The predicted octanol–water partition coefficient (Wildman–Crippen LogP) is 4.33. The van der Waals surface area contributed by atoms with Crippen LogP contribution in [0, 0.1) is 5.92 Å². The quantitative estimate of drug-likeness (QED) is 0.394. The van der Waals surface area contributed by atoms with Gasteiger partial charge in [-0.15, -0.1) is 0 Å². The summed E-state index contributed by atoms with van der Waals surface area (Å²) in [5.41, 5.74) is 0.677. The van der Waals surface area contributed by atoms with Gasteiger partial charge in [0.15, 0.2) is 0 Å². The minimum atomic E-state index is -3.76. The number of hydrogen-bond donors (Lipinski definition) is 3. The van der Waals surface area contributed by atoms with Gasteiger partial charge in [0.25, 0.3) is 5.91 Å². The highest BCUT2D eigenvalue weighted by Crippen LogP contribution is 2.29. The van der Waals surface area contributed by atoms with Crippen molar-refractivity contribution in [1.82, 2.24) is 14.5 Å². The molecule has 1 aliphatic rings. The molecule has 1 heterocycles. The van der Waals surface area contributed by atoms with Crippen LogP contribution in [0.25, 0.3) is 0 Å². The molecule has 0 aliphatic carbocycles. The first kappa shape index (κ1) is 35.3. The minimum Gasteiger partial charge on any atom is -0.490 e. The van der Waals surface area contributed by atoms with E-state index in [0.29, 0.717) is 24.5 Å². The van der Waals surface area contributed by atoms with Crippen LogP contribution >= 0.6 is 0 Å². The van der Waals surface area contributed by atoms with Crippen LogP contribution in [-0.2, 0) is 14.8 Å². The number of likely N-dealkylation sites (N-methyl/N-ethyl adjacent to an activating group) is 1. The molecule has 244 valence electrons. The molecular weight excluding hydrogens is 584 g/mol. The van der Waals surface area contributed by atoms with Gasteiger partial charge in [-0.1, -0.05) is 25.1 Å². The lowest BCUT2D eigenvalue weighted by atomic mass is 10.0. The highest BCUT2D eigenvalue weighted by atomic mass is 32.2. The van der Waals surface area contributed by atoms with Crippen LogP contribution in [0.3, 0.4) is 0 Å². The van der Waals surface area contributed by atoms with Gasteiger partial charge in [-0.2, -0.15) is 4.31 Å². The Hall–Kier alpha value is -3.19. The molecule has 2 aromatic rings. The van der Waals surface area contributed by atoms with Gasteiger partial charge in [-0.05, 0) is 77.3 Å². The van der Waals surface area contributed by atoms with Gasteiger partial charge in [-0.3, -0.25) is 4.79 Å². The number of amides is 3. The summed E-state index contributed by atoms with van der Waals surface area (Å²) < 4.78 is 40.4. The predicted molar refractivity (Wildman–Crippen MR) is 170 cm³/mol. The van der Waals surface area contributed by atoms with Crippen molar-refractivity contribution in [1.29, 1.82) is 0 Å². The van der Waals surface area contributed by atoms with Gasteiger partial charge in [-0.25, -0.2) is 13.2 Å². The molecule has 12 heteroatoms. The van der Waals surface area contributed by atoms with Crippen molar-refractivity contribution in [2.75, 3.05) is 38.7 Å². The molecule has 3 amide bonds. The number of benzene rings is 2. The van der Waals surface area contributed by atoms with Crippen molar-refractivity contribution in [2.45, 2.75) is 83.1 Å². The second kappa shape index (κ2) is 16.2. The van der Waals surface area contributed by atoms with Crippen LogP contribution in [0.1, 0.15) is 64.2 Å². The Kier molecular flexibility index (Phi) is 13.0. The number of aliphatic hydroxyl groups excluding tert-OH is 1. The zero-order valence-corrected chi connectivity index (χ0v) is 27.5. The van der Waals surface area contributed by atoms with Crippen LogP contribution < -0.4 is 15.4 Å². The fraction of sp³-hybridized carbons (Fsp3) is 0.562. The fourth-order valence-corrected chi connectivity index (χ4v) is 6.22. The van der Waals surface area contributed by atoms with Crippen molar-refractivity contribution in [3.63, 3.8) is 0 Å². The summed E-state index contributed by atoms with van der Waals surface area (Å²) >= 11 is 0. The molecule has 3 rings (SSSR count). The third-order valence-corrected chi connectivity index (χ3v) is 9.46. The third-order valence-electron chi connectivity index (χ3n) is 7.62. The number of aliphatic hydroxyl groups is 1. The van der Waals surface area contributed by atoms with Crippen molar-refractivity contribution in [3.8, 4) is 5.75 Å². The lowest BCUT2D eigenvalue weighted by molar-refractivity contribution is -0.00833. The van der Waals surface area contributed by atoms with E-state index in [0.717, 1.165) is 12.8 Å². The molecule has 0 aromatic heterocycles. The molecular formula is C32H48N4O7S. The second-order valence-corrected chi connectivity index (χ2v) is 13.9. The number of sulfonamides is 1. The van der Waals surface area contributed by atoms with Gasteiger partial charge < -0.3 is 30.1 Å². The van der Waals surface area contributed by atoms with Crippen molar-refractivity contribution < 1.29 is 32.6 Å². The van der Waals surface area contributed by atoms with E-state index in [1.54, 1.807) is 60.4 Å². The Labute approximate surface area is 262 Å². The smallest absolute Gasteiger partial charge is 0.319 e. The lowest BCUT2D eigenvalue weighted by Crippen LogP contribution is -2.48.